The van der Waals surface area contributed by atoms with Gasteiger partial charge in [0.25, 0.3) is 0 Å². The Kier molecular flexibility index (Phi) is 10.5. The van der Waals surface area contributed by atoms with Gasteiger partial charge < -0.3 is 25.2 Å². The summed E-state index contributed by atoms with van der Waals surface area (Å²) in [7, 11) is 0. The number of hydrogen-bond donors (Lipinski definition) is 4. The lowest BCUT2D eigenvalue weighted by atomic mass is 9.78. The average molecular weight is 383 g/mol. The second kappa shape index (κ2) is 11.8. The Labute approximate surface area is 164 Å². The first-order valence-corrected chi connectivity index (χ1v) is 10.0. The van der Waals surface area contributed by atoms with Crippen molar-refractivity contribution in [2.24, 2.45) is 23.7 Å². The van der Waals surface area contributed by atoms with Gasteiger partial charge in [0.15, 0.2) is 0 Å². The molecule has 0 heterocycles. The second-order valence-corrected chi connectivity index (χ2v) is 8.00. The molecule has 0 aromatic heterocycles. The van der Waals surface area contributed by atoms with Crippen LogP contribution in [-0.2, 0) is 11.3 Å². The Hall–Kier alpha value is -0.980. The van der Waals surface area contributed by atoms with E-state index in [4.69, 9.17) is 4.74 Å². The molecule has 156 valence electrons. The summed E-state index contributed by atoms with van der Waals surface area (Å²) in [6, 6.07) is 9.84. The van der Waals surface area contributed by atoms with Crippen LogP contribution in [0.2, 0.25) is 0 Å². The van der Waals surface area contributed by atoms with E-state index in [2.05, 4.69) is 0 Å². The van der Waals surface area contributed by atoms with Crippen molar-refractivity contribution in [2.45, 2.75) is 72.1 Å². The van der Waals surface area contributed by atoms with E-state index in [1.165, 1.54) is 0 Å². The van der Waals surface area contributed by atoms with Crippen LogP contribution in [-0.4, -0.2) is 51.4 Å². The molecule has 0 fully saturated rings. The second-order valence-electron chi connectivity index (χ2n) is 8.00. The Morgan fingerprint density at radius 1 is 0.778 bits per heavy atom. The van der Waals surface area contributed by atoms with Gasteiger partial charge in [-0.15, -0.1) is 0 Å². The maximum absolute atomic E-state index is 10.6. The zero-order valence-electron chi connectivity index (χ0n) is 17.3. The van der Waals surface area contributed by atoms with Crippen LogP contribution in [0.15, 0.2) is 30.3 Å². The Bertz CT molecular complexity index is 509. The van der Waals surface area contributed by atoms with E-state index in [9.17, 15) is 20.4 Å². The molecule has 1 aromatic rings. The highest BCUT2D eigenvalue weighted by Gasteiger charge is 2.36. The summed E-state index contributed by atoms with van der Waals surface area (Å²) < 4.78 is 5.70. The van der Waals surface area contributed by atoms with E-state index in [0.29, 0.717) is 19.6 Å². The van der Waals surface area contributed by atoms with E-state index in [-0.39, 0.29) is 11.8 Å². The van der Waals surface area contributed by atoms with E-state index < -0.39 is 36.3 Å². The Morgan fingerprint density at radius 3 is 1.85 bits per heavy atom. The number of rotatable bonds is 12. The highest BCUT2D eigenvalue weighted by molar-refractivity contribution is 5.13. The topological polar surface area (TPSA) is 90.2 Å². The van der Waals surface area contributed by atoms with E-state index in [1.54, 1.807) is 20.8 Å². The maximum atomic E-state index is 10.6. The van der Waals surface area contributed by atoms with E-state index >= 15 is 0 Å². The molecule has 1 aromatic carbocycles. The van der Waals surface area contributed by atoms with Crippen LogP contribution in [0.1, 0.15) is 46.6 Å². The highest BCUT2D eigenvalue weighted by atomic mass is 16.5. The average Bonchev–Trinajstić information content (AvgIpc) is 2.70. The molecule has 0 aliphatic heterocycles. The third kappa shape index (κ3) is 7.16. The van der Waals surface area contributed by atoms with Gasteiger partial charge in [0, 0.05) is 23.7 Å². The minimum atomic E-state index is -0.877. The summed E-state index contributed by atoms with van der Waals surface area (Å²) in [5.74, 6) is -1.36. The van der Waals surface area contributed by atoms with Gasteiger partial charge in [0.1, 0.15) is 0 Å². The lowest BCUT2D eigenvalue weighted by Gasteiger charge is -2.36. The van der Waals surface area contributed by atoms with Crippen LogP contribution in [0.5, 0.6) is 0 Å². The standard InChI is InChI=1S/C22H38O5/c1-6-19(23)15(3)21(25)17(5)22(26)16(4)20(24)14(2)12-27-13-18-10-8-7-9-11-18/h7-11,14-17,19-26H,6,12-13H2,1-5H3/t14-,15-,16+,17+,19-,20+,21-,22+/m1/s1. The Morgan fingerprint density at radius 2 is 1.30 bits per heavy atom. The molecule has 1 rings (SSSR count). The maximum Gasteiger partial charge on any atom is 0.0717 e. The molecule has 0 bridgehead atoms. The lowest BCUT2D eigenvalue weighted by molar-refractivity contribution is -0.0897. The van der Waals surface area contributed by atoms with Crippen LogP contribution in [0, 0.1) is 23.7 Å². The van der Waals surface area contributed by atoms with E-state index in [0.717, 1.165) is 5.56 Å². The molecule has 4 N–H and O–H groups in total. The summed E-state index contributed by atoms with van der Waals surface area (Å²) in [6.45, 7) is 9.94. The van der Waals surface area contributed by atoms with Gasteiger partial charge in [-0.05, 0) is 12.0 Å². The SMILES string of the molecule is CC[C@@H](O)[C@@H](C)[C@@H](O)[C@H](C)[C@@H](O)[C@@H](C)[C@@H](O)[C@H](C)COCc1ccccc1. The number of hydrogen-bond acceptors (Lipinski definition) is 5. The number of aliphatic hydroxyl groups is 4. The summed E-state index contributed by atoms with van der Waals surface area (Å²) in [5, 5.41) is 41.7. The fourth-order valence-electron chi connectivity index (χ4n) is 3.51. The van der Waals surface area contributed by atoms with Gasteiger partial charge in [-0.1, -0.05) is 65.0 Å². The van der Waals surface area contributed by atoms with Crippen molar-refractivity contribution in [1.82, 2.24) is 0 Å². The van der Waals surface area contributed by atoms with Crippen molar-refractivity contribution in [3.05, 3.63) is 35.9 Å². The lowest BCUT2D eigenvalue weighted by Crippen LogP contribution is -2.45. The van der Waals surface area contributed by atoms with Crippen molar-refractivity contribution in [2.75, 3.05) is 6.61 Å². The van der Waals surface area contributed by atoms with Crippen LogP contribution in [0.3, 0.4) is 0 Å². The molecule has 5 heteroatoms. The van der Waals surface area contributed by atoms with Crippen LogP contribution < -0.4 is 0 Å². The van der Waals surface area contributed by atoms with Crippen LogP contribution in [0.25, 0.3) is 0 Å². The molecule has 0 saturated heterocycles. The fraction of sp³-hybridized carbons (Fsp3) is 0.727. The molecule has 0 spiro atoms. The number of ether oxygens (including phenoxy) is 1. The number of aliphatic hydroxyl groups excluding tert-OH is 4. The summed E-state index contributed by atoms with van der Waals surface area (Å²) in [5.41, 5.74) is 1.08. The zero-order valence-corrected chi connectivity index (χ0v) is 17.3. The molecule has 0 radical (unpaired) electrons. The molecule has 0 unspecified atom stereocenters. The molecular weight excluding hydrogens is 344 g/mol. The fourth-order valence-corrected chi connectivity index (χ4v) is 3.51. The highest BCUT2D eigenvalue weighted by Crippen LogP contribution is 2.27. The molecule has 0 amide bonds. The minimum absolute atomic E-state index is 0.152. The largest absolute Gasteiger partial charge is 0.393 e. The van der Waals surface area contributed by atoms with Crippen molar-refractivity contribution in [3.8, 4) is 0 Å². The smallest absolute Gasteiger partial charge is 0.0717 e. The molecule has 0 aliphatic carbocycles. The third-order valence-electron chi connectivity index (χ3n) is 5.79. The molecule has 0 aliphatic rings. The van der Waals surface area contributed by atoms with Crippen LogP contribution >= 0.6 is 0 Å². The van der Waals surface area contributed by atoms with Gasteiger partial charge >= 0.3 is 0 Å². The summed E-state index contributed by atoms with van der Waals surface area (Å²) in [4.78, 5) is 0. The first-order chi connectivity index (χ1) is 12.7. The normalized spacial score (nSPS) is 20.9. The van der Waals surface area contributed by atoms with Crippen molar-refractivity contribution >= 4 is 0 Å². The molecule has 0 saturated carbocycles. The van der Waals surface area contributed by atoms with Gasteiger partial charge in [0.05, 0.1) is 37.6 Å². The predicted octanol–water partition coefficient (Wildman–Crippen LogP) is 2.60. The van der Waals surface area contributed by atoms with Crippen molar-refractivity contribution in [3.63, 3.8) is 0 Å². The Balaban J connectivity index is 2.53. The van der Waals surface area contributed by atoms with E-state index in [1.807, 2.05) is 44.2 Å². The first-order valence-electron chi connectivity index (χ1n) is 10.0. The van der Waals surface area contributed by atoms with Crippen LogP contribution in [0.4, 0.5) is 0 Å². The van der Waals surface area contributed by atoms with Gasteiger partial charge in [-0.3, -0.25) is 0 Å². The third-order valence-corrected chi connectivity index (χ3v) is 5.79. The van der Waals surface area contributed by atoms with Crippen molar-refractivity contribution < 1.29 is 25.2 Å². The molecular formula is C22H38O5. The summed E-state index contributed by atoms with van der Waals surface area (Å²) >= 11 is 0. The quantitative estimate of drug-likeness (QED) is 0.446. The summed E-state index contributed by atoms with van der Waals surface area (Å²) in [6.07, 6.45) is -2.53. The minimum Gasteiger partial charge on any atom is -0.393 e. The van der Waals surface area contributed by atoms with Gasteiger partial charge in [0.2, 0.25) is 0 Å². The predicted molar refractivity (Wildman–Crippen MR) is 107 cm³/mol. The molecule has 5 nitrogen and oxygen atoms in total. The molecule has 27 heavy (non-hydrogen) atoms. The van der Waals surface area contributed by atoms with Gasteiger partial charge in [-0.25, -0.2) is 0 Å². The number of benzene rings is 1. The van der Waals surface area contributed by atoms with Gasteiger partial charge in [-0.2, -0.15) is 0 Å². The monoisotopic (exact) mass is 382 g/mol. The first kappa shape index (κ1) is 24.1. The molecule has 8 atom stereocenters. The zero-order chi connectivity index (χ0) is 20.6. The van der Waals surface area contributed by atoms with Crippen molar-refractivity contribution in [1.29, 1.82) is 0 Å².